The number of imide groups is 1. The highest BCUT2D eigenvalue weighted by atomic mass is 16.6. The van der Waals surface area contributed by atoms with Gasteiger partial charge in [-0.2, -0.15) is 0 Å². The first kappa shape index (κ1) is 20.6. The van der Waals surface area contributed by atoms with E-state index in [9.17, 15) is 9.59 Å². The standard InChI is InChI=1S/C26H23N3O4/c1-28(2)19-9-6-10-20(16-19)29-25(30)23(17-7-4-3-5-8-17)24(26(29)31)27-18-11-12-21-22(15-18)33-14-13-32-21/h3-12,15-16,27H,13-14H2,1-2H3. The second-order valence-electron chi connectivity index (χ2n) is 7.96. The fraction of sp³-hybridized carbons (Fsp3) is 0.154. The van der Waals surface area contributed by atoms with Crippen LogP contribution >= 0.6 is 0 Å². The summed E-state index contributed by atoms with van der Waals surface area (Å²) in [6, 6.07) is 21.9. The zero-order valence-electron chi connectivity index (χ0n) is 18.4. The first-order valence-electron chi connectivity index (χ1n) is 10.7. The van der Waals surface area contributed by atoms with Crippen LogP contribution in [-0.2, 0) is 9.59 Å². The monoisotopic (exact) mass is 441 g/mol. The lowest BCUT2D eigenvalue weighted by Crippen LogP contribution is -2.32. The Morgan fingerprint density at radius 1 is 0.818 bits per heavy atom. The molecule has 5 rings (SSSR count). The first-order chi connectivity index (χ1) is 16.0. The van der Waals surface area contributed by atoms with Crippen molar-refractivity contribution in [1.82, 2.24) is 0 Å². The van der Waals surface area contributed by atoms with Crippen LogP contribution < -0.4 is 24.6 Å². The molecule has 0 saturated heterocycles. The largest absolute Gasteiger partial charge is 0.486 e. The zero-order valence-corrected chi connectivity index (χ0v) is 18.4. The quantitative estimate of drug-likeness (QED) is 0.605. The van der Waals surface area contributed by atoms with E-state index in [4.69, 9.17) is 9.47 Å². The minimum Gasteiger partial charge on any atom is -0.486 e. The third-order valence-electron chi connectivity index (χ3n) is 5.56. The van der Waals surface area contributed by atoms with Crippen LogP contribution in [0.5, 0.6) is 11.5 Å². The van der Waals surface area contributed by atoms with Crippen LogP contribution in [0, 0.1) is 0 Å². The predicted molar refractivity (Wildman–Crippen MR) is 128 cm³/mol. The second kappa shape index (κ2) is 8.35. The van der Waals surface area contributed by atoms with Crippen LogP contribution in [0.1, 0.15) is 5.56 Å². The number of hydrogen-bond acceptors (Lipinski definition) is 6. The molecule has 0 aromatic heterocycles. The molecule has 33 heavy (non-hydrogen) atoms. The number of ether oxygens (including phenoxy) is 2. The molecule has 0 atom stereocenters. The van der Waals surface area contributed by atoms with Gasteiger partial charge in [0.1, 0.15) is 18.9 Å². The Bertz CT molecular complexity index is 1270. The molecule has 3 aromatic carbocycles. The number of nitrogens with one attached hydrogen (secondary N) is 1. The van der Waals surface area contributed by atoms with Gasteiger partial charge in [0, 0.05) is 31.5 Å². The summed E-state index contributed by atoms with van der Waals surface area (Å²) in [4.78, 5) is 30.3. The van der Waals surface area contributed by atoms with Gasteiger partial charge in [0.05, 0.1) is 11.3 Å². The molecule has 0 radical (unpaired) electrons. The van der Waals surface area contributed by atoms with Gasteiger partial charge < -0.3 is 19.7 Å². The Morgan fingerprint density at radius 2 is 1.58 bits per heavy atom. The highest BCUT2D eigenvalue weighted by Crippen LogP contribution is 2.37. The van der Waals surface area contributed by atoms with Gasteiger partial charge in [0.15, 0.2) is 11.5 Å². The van der Waals surface area contributed by atoms with E-state index in [1.54, 1.807) is 24.3 Å². The number of benzene rings is 3. The summed E-state index contributed by atoms with van der Waals surface area (Å²) < 4.78 is 11.3. The summed E-state index contributed by atoms with van der Waals surface area (Å²) in [5.74, 6) is 0.465. The molecule has 7 nitrogen and oxygen atoms in total. The van der Waals surface area contributed by atoms with Crippen molar-refractivity contribution in [3.63, 3.8) is 0 Å². The van der Waals surface area contributed by atoms with Gasteiger partial charge in [0.2, 0.25) is 0 Å². The summed E-state index contributed by atoms with van der Waals surface area (Å²) in [7, 11) is 3.82. The van der Waals surface area contributed by atoms with E-state index in [2.05, 4.69) is 5.32 Å². The molecule has 0 aliphatic carbocycles. The molecule has 0 unspecified atom stereocenters. The average molecular weight is 441 g/mol. The van der Waals surface area contributed by atoms with Crippen LogP contribution in [0.2, 0.25) is 0 Å². The summed E-state index contributed by atoms with van der Waals surface area (Å²) >= 11 is 0. The molecule has 3 aromatic rings. The number of amides is 2. The van der Waals surface area contributed by atoms with Crippen molar-refractivity contribution in [2.75, 3.05) is 42.4 Å². The maximum Gasteiger partial charge on any atom is 0.282 e. The minimum absolute atomic E-state index is 0.220. The van der Waals surface area contributed by atoms with Gasteiger partial charge in [-0.05, 0) is 35.9 Å². The minimum atomic E-state index is -0.412. The van der Waals surface area contributed by atoms with Gasteiger partial charge in [-0.1, -0.05) is 36.4 Å². The van der Waals surface area contributed by atoms with E-state index in [1.807, 2.05) is 67.5 Å². The van der Waals surface area contributed by atoms with Gasteiger partial charge >= 0.3 is 0 Å². The van der Waals surface area contributed by atoms with Crippen molar-refractivity contribution in [3.05, 3.63) is 84.1 Å². The molecule has 0 saturated carbocycles. The lowest BCUT2D eigenvalue weighted by atomic mass is 10.0. The molecule has 2 aliphatic heterocycles. The summed E-state index contributed by atoms with van der Waals surface area (Å²) in [5.41, 5.74) is 3.25. The van der Waals surface area contributed by atoms with Crippen molar-refractivity contribution >= 4 is 34.4 Å². The van der Waals surface area contributed by atoms with E-state index in [-0.39, 0.29) is 11.6 Å². The number of carbonyl (C=O) groups is 2. The Morgan fingerprint density at radius 3 is 2.33 bits per heavy atom. The van der Waals surface area contributed by atoms with Crippen molar-refractivity contribution in [1.29, 1.82) is 0 Å². The van der Waals surface area contributed by atoms with Crippen LogP contribution in [0.25, 0.3) is 5.57 Å². The fourth-order valence-electron chi connectivity index (χ4n) is 3.93. The molecule has 0 bridgehead atoms. The highest BCUT2D eigenvalue weighted by Gasteiger charge is 2.40. The van der Waals surface area contributed by atoms with Crippen LogP contribution in [0.4, 0.5) is 17.1 Å². The molecular formula is C26H23N3O4. The van der Waals surface area contributed by atoms with Crippen molar-refractivity contribution < 1.29 is 19.1 Å². The highest BCUT2D eigenvalue weighted by molar-refractivity contribution is 6.46. The molecule has 166 valence electrons. The van der Waals surface area contributed by atoms with E-state index in [0.717, 1.165) is 5.69 Å². The number of carbonyl (C=O) groups excluding carboxylic acids is 2. The molecule has 0 fully saturated rings. The van der Waals surface area contributed by atoms with E-state index in [1.165, 1.54) is 4.90 Å². The van der Waals surface area contributed by atoms with Crippen molar-refractivity contribution in [2.45, 2.75) is 0 Å². The lowest BCUT2D eigenvalue weighted by Gasteiger charge is -2.20. The molecule has 0 spiro atoms. The Hall–Kier alpha value is -4.26. The smallest absolute Gasteiger partial charge is 0.282 e. The predicted octanol–water partition coefficient (Wildman–Crippen LogP) is 3.92. The van der Waals surface area contributed by atoms with E-state index < -0.39 is 5.91 Å². The number of hydrogen-bond donors (Lipinski definition) is 1. The average Bonchev–Trinajstić information content (AvgIpc) is 3.08. The summed E-state index contributed by atoms with van der Waals surface area (Å²) in [5, 5.41) is 3.18. The molecule has 2 aliphatic rings. The van der Waals surface area contributed by atoms with Crippen molar-refractivity contribution in [3.8, 4) is 11.5 Å². The van der Waals surface area contributed by atoms with Gasteiger partial charge in [-0.3, -0.25) is 9.59 Å². The summed E-state index contributed by atoms with van der Waals surface area (Å²) in [6.07, 6.45) is 0. The summed E-state index contributed by atoms with van der Waals surface area (Å²) in [6.45, 7) is 0.957. The molecule has 2 amide bonds. The number of rotatable bonds is 5. The third kappa shape index (κ3) is 3.78. The molecular weight excluding hydrogens is 418 g/mol. The lowest BCUT2D eigenvalue weighted by molar-refractivity contribution is -0.120. The van der Waals surface area contributed by atoms with Crippen LogP contribution in [-0.4, -0.2) is 39.1 Å². The normalized spacial score (nSPS) is 15.2. The fourth-order valence-corrected chi connectivity index (χ4v) is 3.93. The van der Waals surface area contributed by atoms with E-state index in [0.29, 0.717) is 47.2 Å². The topological polar surface area (TPSA) is 71.1 Å². The van der Waals surface area contributed by atoms with Crippen LogP contribution in [0.3, 0.4) is 0 Å². The maximum atomic E-state index is 13.6. The van der Waals surface area contributed by atoms with Crippen LogP contribution in [0.15, 0.2) is 78.5 Å². The number of nitrogens with zero attached hydrogens (tertiary/aromatic N) is 2. The van der Waals surface area contributed by atoms with Crippen molar-refractivity contribution in [2.24, 2.45) is 0 Å². The molecule has 2 heterocycles. The molecule has 1 N–H and O–H groups in total. The van der Waals surface area contributed by atoms with Gasteiger partial charge in [-0.25, -0.2) is 4.90 Å². The first-order valence-corrected chi connectivity index (χ1v) is 10.7. The SMILES string of the molecule is CN(C)c1cccc(N2C(=O)C(Nc3ccc4c(c3)OCCO4)=C(c3ccccc3)C2=O)c1. The zero-order chi connectivity index (χ0) is 22.9. The Balaban J connectivity index is 1.57. The Kier molecular flexibility index (Phi) is 5.22. The number of anilines is 3. The third-order valence-corrected chi connectivity index (χ3v) is 5.56. The maximum absolute atomic E-state index is 13.6. The second-order valence-corrected chi connectivity index (χ2v) is 7.96. The van der Waals surface area contributed by atoms with Gasteiger partial charge in [-0.15, -0.1) is 0 Å². The van der Waals surface area contributed by atoms with E-state index >= 15 is 0 Å². The van der Waals surface area contributed by atoms with Gasteiger partial charge in [0.25, 0.3) is 11.8 Å². The number of fused-ring (bicyclic) bond motifs is 1. The molecule has 7 heteroatoms. The Labute approximate surface area is 191 Å².